The third kappa shape index (κ3) is 3.05. The lowest BCUT2D eigenvalue weighted by molar-refractivity contribution is 0.0952. The van der Waals surface area contributed by atoms with Crippen LogP contribution in [0.3, 0.4) is 0 Å². The average molecular weight is 302 g/mol. The van der Waals surface area contributed by atoms with Crippen LogP contribution in [0.2, 0.25) is 0 Å². The maximum Gasteiger partial charge on any atom is 0.256 e. The second-order valence-electron chi connectivity index (χ2n) is 4.58. The number of nitrogens with zero attached hydrogens (tertiary/aromatic N) is 1. The molecule has 3 aromatic rings. The molecule has 5 nitrogen and oxygen atoms in total. The zero-order chi connectivity index (χ0) is 14.7. The van der Waals surface area contributed by atoms with E-state index in [1.807, 2.05) is 6.07 Å². The van der Waals surface area contributed by atoms with Gasteiger partial charge in [-0.15, -0.1) is 11.3 Å². The molecule has 0 aliphatic carbocycles. The van der Waals surface area contributed by atoms with Crippen LogP contribution in [-0.4, -0.2) is 17.6 Å². The van der Waals surface area contributed by atoms with Gasteiger partial charge in [0, 0.05) is 21.9 Å². The first-order chi connectivity index (χ1) is 10.2. The van der Waals surface area contributed by atoms with Crippen LogP contribution in [0.15, 0.2) is 45.9 Å². The van der Waals surface area contributed by atoms with E-state index in [4.69, 9.17) is 8.94 Å². The van der Waals surface area contributed by atoms with Gasteiger partial charge >= 0.3 is 0 Å². The van der Waals surface area contributed by atoms with Crippen LogP contribution in [-0.2, 0) is 6.42 Å². The number of amides is 1. The summed E-state index contributed by atoms with van der Waals surface area (Å²) in [5, 5.41) is 6.47. The average Bonchev–Trinajstić information content (AvgIpc) is 3.19. The van der Waals surface area contributed by atoms with E-state index in [2.05, 4.69) is 22.6 Å². The summed E-state index contributed by atoms with van der Waals surface area (Å²) < 4.78 is 9.96. The Morgan fingerprint density at radius 3 is 3.00 bits per heavy atom. The van der Waals surface area contributed by atoms with Gasteiger partial charge in [-0.25, -0.2) is 0 Å². The van der Waals surface area contributed by atoms with Gasteiger partial charge in [0.2, 0.25) is 0 Å². The van der Waals surface area contributed by atoms with Crippen LogP contribution in [0.4, 0.5) is 0 Å². The predicted octanol–water partition coefficient (Wildman–Crippen LogP) is 3.28. The Hall–Kier alpha value is -2.34. The second-order valence-corrected chi connectivity index (χ2v) is 5.75. The molecule has 108 valence electrons. The summed E-state index contributed by atoms with van der Waals surface area (Å²) in [4.78, 5) is 14.3. The Kier molecular flexibility index (Phi) is 3.87. The van der Waals surface area contributed by atoms with Crippen molar-refractivity contribution in [3.63, 3.8) is 0 Å². The van der Waals surface area contributed by atoms with Crippen LogP contribution < -0.4 is 5.32 Å². The first-order valence-corrected chi connectivity index (χ1v) is 7.36. The maximum atomic E-state index is 11.9. The number of carbonyl (C=O) groups is 1. The van der Waals surface area contributed by atoms with Gasteiger partial charge in [0.15, 0.2) is 0 Å². The number of hydrogen-bond donors (Lipinski definition) is 1. The third-order valence-electron chi connectivity index (χ3n) is 3.12. The van der Waals surface area contributed by atoms with Crippen molar-refractivity contribution < 1.29 is 13.7 Å². The summed E-state index contributed by atoms with van der Waals surface area (Å²) in [5.41, 5.74) is 1.57. The monoisotopic (exact) mass is 302 g/mol. The van der Waals surface area contributed by atoms with Crippen molar-refractivity contribution in [2.75, 3.05) is 6.54 Å². The first kappa shape index (κ1) is 13.6. The highest BCUT2D eigenvalue weighted by atomic mass is 32.1. The Balaban J connectivity index is 1.54. The summed E-state index contributed by atoms with van der Waals surface area (Å²) in [6, 6.07) is 6.08. The molecule has 21 heavy (non-hydrogen) atoms. The lowest BCUT2D eigenvalue weighted by Gasteiger charge is -2.02. The van der Waals surface area contributed by atoms with Crippen molar-refractivity contribution in [1.29, 1.82) is 0 Å². The molecule has 0 fully saturated rings. The van der Waals surface area contributed by atoms with Gasteiger partial charge in [-0.05, 0) is 31.5 Å². The number of aromatic nitrogens is 1. The van der Waals surface area contributed by atoms with Crippen LogP contribution in [0.25, 0.3) is 10.4 Å². The van der Waals surface area contributed by atoms with Crippen molar-refractivity contribution in [3.05, 3.63) is 53.1 Å². The van der Waals surface area contributed by atoms with E-state index in [-0.39, 0.29) is 5.91 Å². The molecule has 0 spiro atoms. The summed E-state index contributed by atoms with van der Waals surface area (Å²) in [6.07, 6.45) is 5.62. The van der Waals surface area contributed by atoms with Crippen molar-refractivity contribution >= 4 is 17.2 Å². The van der Waals surface area contributed by atoms with E-state index in [0.29, 0.717) is 17.9 Å². The van der Waals surface area contributed by atoms with E-state index in [1.165, 1.54) is 16.0 Å². The molecule has 0 bridgehead atoms. The van der Waals surface area contributed by atoms with E-state index in [0.717, 1.165) is 12.0 Å². The lowest BCUT2D eigenvalue weighted by atomic mass is 10.2. The van der Waals surface area contributed by atoms with Gasteiger partial charge in [0.25, 0.3) is 5.91 Å². The van der Waals surface area contributed by atoms with Gasteiger partial charge in [-0.3, -0.25) is 4.79 Å². The summed E-state index contributed by atoms with van der Waals surface area (Å²) >= 11 is 1.70. The van der Waals surface area contributed by atoms with Gasteiger partial charge in [-0.1, -0.05) is 5.16 Å². The molecule has 0 radical (unpaired) electrons. The van der Waals surface area contributed by atoms with Crippen molar-refractivity contribution in [3.8, 4) is 10.4 Å². The highest BCUT2D eigenvalue weighted by Crippen LogP contribution is 2.28. The van der Waals surface area contributed by atoms with Crippen LogP contribution >= 0.6 is 11.3 Å². The van der Waals surface area contributed by atoms with Gasteiger partial charge in [0.1, 0.15) is 11.3 Å². The van der Waals surface area contributed by atoms with E-state index < -0.39 is 0 Å². The Bertz CT molecular complexity index is 728. The highest BCUT2D eigenvalue weighted by molar-refractivity contribution is 7.15. The molecule has 0 atom stereocenters. The molecule has 3 heterocycles. The Labute approximate surface area is 125 Å². The van der Waals surface area contributed by atoms with Crippen LogP contribution in [0, 0.1) is 6.92 Å². The molecule has 3 rings (SSSR count). The fourth-order valence-electron chi connectivity index (χ4n) is 1.98. The van der Waals surface area contributed by atoms with Crippen molar-refractivity contribution in [2.45, 2.75) is 13.3 Å². The quantitative estimate of drug-likeness (QED) is 0.785. The zero-order valence-corrected chi connectivity index (χ0v) is 12.3. The molecular formula is C15H14N2O3S. The molecule has 0 saturated carbocycles. The van der Waals surface area contributed by atoms with E-state index in [9.17, 15) is 4.79 Å². The molecule has 0 unspecified atom stereocenters. The van der Waals surface area contributed by atoms with E-state index >= 15 is 0 Å². The van der Waals surface area contributed by atoms with Crippen LogP contribution in [0.5, 0.6) is 0 Å². The minimum Gasteiger partial charge on any atom is -0.472 e. The van der Waals surface area contributed by atoms with Crippen molar-refractivity contribution in [2.24, 2.45) is 0 Å². The lowest BCUT2D eigenvalue weighted by Crippen LogP contribution is -2.25. The Morgan fingerprint density at radius 2 is 2.29 bits per heavy atom. The van der Waals surface area contributed by atoms with E-state index in [1.54, 1.807) is 30.8 Å². The molecule has 0 saturated heterocycles. The Morgan fingerprint density at radius 1 is 1.38 bits per heavy atom. The number of furan rings is 1. The highest BCUT2D eigenvalue weighted by Gasteiger charge is 2.12. The summed E-state index contributed by atoms with van der Waals surface area (Å²) in [7, 11) is 0. The predicted molar refractivity (Wildman–Crippen MR) is 79.3 cm³/mol. The minimum absolute atomic E-state index is 0.152. The molecule has 0 aliphatic heterocycles. The first-order valence-electron chi connectivity index (χ1n) is 6.55. The largest absolute Gasteiger partial charge is 0.472 e. The minimum atomic E-state index is -0.152. The molecule has 6 heteroatoms. The standard InChI is InChI=1S/C15H14N2O3S/c1-10-13(8-17-20-10)15(18)16-6-4-12-2-3-14(21-12)11-5-7-19-9-11/h2-3,5,7-9H,4,6H2,1H3,(H,16,18). The van der Waals surface area contributed by atoms with Gasteiger partial charge in [-0.2, -0.15) is 0 Å². The van der Waals surface area contributed by atoms with Crippen LogP contribution in [0.1, 0.15) is 21.0 Å². The summed E-state index contributed by atoms with van der Waals surface area (Å²) in [5.74, 6) is 0.381. The molecule has 1 amide bonds. The topological polar surface area (TPSA) is 68.3 Å². The SMILES string of the molecule is Cc1oncc1C(=O)NCCc1ccc(-c2ccoc2)s1. The fourth-order valence-corrected chi connectivity index (χ4v) is 2.98. The normalized spacial score (nSPS) is 10.7. The molecule has 3 aromatic heterocycles. The number of nitrogens with one attached hydrogen (secondary N) is 1. The number of rotatable bonds is 5. The molecule has 0 aromatic carbocycles. The van der Waals surface area contributed by atoms with Gasteiger partial charge < -0.3 is 14.3 Å². The zero-order valence-electron chi connectivity index (χ0n) is 11.5. The second kappa shape index (κ2) is 5.97. The summed E-state index contributed by atoms with van der Waals surface area (Å²) in [6.45, 7) is 2.30. The molecule has 1 N–H and O–H groups in total. The number of carbonyl (C=O) groups excluding carboxylic acids is 1. The van der Waals surface area contributed by atoms with Gasteiger partial charge in [0.05, 0.1) is 18.7 Å². The number of thiophene rings is 1. The number of hydrogen-bond acceptors (Lipinski definition) is 5. The molecule has 0 aliphatic rings. The fraction of sp³-hybridized carbons (Fsp3) is 0.200. The third-order valence-corrected chi connectivity index (χ3v) is 4.31. The molecular weight excluding hydrogens is 288 g/mol. The van der Waals surface area contributed by atoms with Crippen molar-refractivity contribution in [1.82, 2.24) is 10.5 Å². The maximum absolute atomic E-state index is 11.9. The number of aryl methyl sites for hydroxylation is 1. The smallest absolute Gasteiger partial charge is 0.256 e.